The number of amides is 1. The van der Waals surface area contributed by atoms with Gasteiger partial charge in [0.05, 0.1) is 6.04 Å². The predicted octanol–water partition coefficient (Wildman–Crippen LogP) is 0.838. The Labute approximate surface area is 130 Å². The molecule has 0 spiro atoms. The fourth-order valence-corrected chi connectivity index (χ4v) is 4.56. The van der Waals surface area contributed by atoms with Crippen molar-refractivity contribution in [3.8, 4) is 0 Å². The van der Waals surface area contributed by atoms with E-state index in [-0.39, 0.29) is 24.5 Å². The molecule has 0 aliphatic carbocycles. The van der Waals surface area contributed by atoms with E-state index < -0.39 is 10.2 Å². The van der Waals surface area contributed by atoms with Gasteiger partial charge in [0.25, 0.3) is 10.2 Å². The molecule has 0 bridgehead atoms. The molecule has 2 fully saturated rings. The smallest absolute Gasteiger partial charge is 0.280 e. The molecule has 2 atom stereocenters. The van der Waals surface area contributed by atoms with Crippen LogP contribution in [0, 0.1) is 6.92 Å². The van der Waals surface area contributed by atoms with E-state index in [1.54, 1.807) is 0 Å². The van der Waals surface area contributed by atoms with Gasteiger partial charge in [-0.25, -0.2) is 4.72 Å². The van der Waals surface area contributed by atoms with Crippen LogP contribution >= 0.6 is 0 Å². The van der Waals surface area contributed by atoms with Gasteiger partial charge in [0.1, 0.15) is 11.5 Å². The van der Waals surface area contributed by atoms with Gasteiger partial charge in [-0.05, 0) is 38.3 Å². The molecule has 2 N–H and O–H groups in total. The van der Waals surface area contributed by atoms with Crippen molar-refractivity contribution in [2.24, 2.45) is 0 Å². The molecule has 0 unspecified atom stereocenters. The molecule has 122 valence electrons. The maximum Gasteiger partial charge on any atom is 0.280 e. The number of nitrogens with zero attached hydrogens (tertiary/aromatic N) is 1. The highest BCUT2D eigenvalue weighted by atomic mass is 32.2. The lowest BCUT2D eigenvalue weighted by molar-refractivity contribution is -0.119. The van der Waals surface area contributed by atoms with Crippen LogP contribution in [0.1, 0.15) is 43.2 Å². The van der Waals surface area contributed by atoms with Crippen LogP contribution in [0.4, 0.5) is 0 Å². The van der Waals surface area contributed by atoms with Gasteiger partial charge in [-0.3, -0.25) is 4.79 Å². The minimum absolute atomic E-state index is 0.0192. The predicted molar refractivity (Wildman–Crippen MR) is 80.2 cm³/mol. The monoisotopic (exact) mass is 327 g/mol. The fraction of sp³-hybridized carbons (Fsp3) is 0.643. The van der Waals surface area contributed by atoms with Crippen LogP contribution in [0.2, 0.25) is 0 Å². The molecular formula is C14H21N3O4S. The molecule has 1 aromatic rings. The number of furan rings is 1. The van der Waals surface area contributed by atoms with Gasteiger partial charge in [-0.2, -0.15) is 12.7 Å². The van der Waals surface area contributed by atoms with Crippen molar-refractivity contribution in [1.82, 2.24) is 14.3 Å². The second-order valence-corrected chi connectivity index (χ2v) is 7.58. The molecule has 3 rings (SSSR count). The first-order valence-corrected chi connectivity index (χ1v) is 9.02. The second kappa shape index (κ2) is 6.02. The number of carbonyl (C=O) groups excluding carboxylic acids is 1. The summed E-state index contributed by atoms with van der Waals surface area (Å²) in [5.74, 6) is 1.45. The van der Waals surface area contributed by atoms with Crippen LogP contribution < -0.4 is 10.0 Å². The van der Waals surface area contributed by atoms with Crippen molar-refractivity contribution < 1.29 is 17.6 Å². The quantitative estimate of drug-likeness (QED) is 0.838. The van der Waals surface area contributed by atoms with E-state index in [2.05, 4.69) is 10.0 Å². The average Bonchev–Trinajstić information content (AvgIpc) is 3.16. The van der Waals surface area contributed by atoms with Gasteiger partial charge >= 0.3 is 0 Å². The first-order chi connectivity index (χ1) is 10.5. The number of hydrogen-bond donors (Lipinski definition) is 2. The highest BCUT2D eigenvalue weighted by Crippen LogP contribution is 2.34. The molecule has 22 heavy (non-hydrogen) atoms. The molecule has 2 aliphatic rings. The van der Waals surface area contributed by atoms with E-state index in [0.717, 1.165) is 18.6 Å². The van der Waals surface area contributed by atoms with E-state index in [1.807, 2.05) is 19.1 Å². The summed E-state index contributed by atoms with van der Waals surface area (Å²) in [5, 5.41) is 2.76. The number of nitrogens with one attached hydrogen (secondary N) is 2. The average molecular weight is 327 g/mol. The van der Waals surface area contributed by atoms with E-state index in [0.29, 0.717) is 25.1 Å². The third kappa shape index (κ3) is 3.18. The Bertz CT molecular complexity index is 655. The topological polar surface area (TPSA) is 91.7 Å². The molecule has 2 aliphatic heterocycles. The number of carbonyl (C=O) groups is 1. The summed E-state index contributed by atoms with van der Waals surface area (Å²) in [6, 6.07) is 3.32. The van der Waals surface area contributed by atoms with Gasteiger partial charge < -0.3 is 9.73 Å². The minimum atomic E-state index is -3.58. The summed E-state index contributed by atoms with van der Waals surface area (Å²) < 4.78 is 34.7. The fourth-order valence-electron chi connectivity index (χ4n) is 3.06. The van der Waals surface area contributed by atoms with Gasteiger partial charge in [0.2, 0.25) is 5.91 Å². The van der Waals surface area contributed by atoms with E-state index in [1.165, 1.54) is 4.31 Å². The minimum Gasteiger partial charge on any atom is -0.465 e. The van der Waals surface area contributed by atoms with Crippen molar-refractivity contribution in [2.45, 2.75) is 44.7 Å². The molecule has 2 saturated heterocycles. The first-order valence-electron chi connectivity index (χ1n) is 7.58. The van der Waals surface area contributed by atoms with Crippen LogP contribution in [0.25, 0.3) is 0 Å². The van der Waals surface area contributed by atoms with Crippen molar-refractivity contribution >= 4 is 16.1 Å². The Morgan fingerprint density at radius 3 is 2.86 bits per heavy atom. The molecule has 0 radical (unpaired) electrons. The van der Waals surface area contributed by atoms with Crippen molar-refractivity contribution in [1.29, 1.82) is 0 Å². The van der Waals surface area contributed by atoms with Gasteiger partial charge in [0, 0.05) is 25.6 Å². The van der Waals surface area contributed by atoms with Crippen LogP contribution in [-0.4, -0.2) is 37.8 Å². The van der Waals surface area contributed by atoms with Gasteiger partial charge in [-0.1, -0.05) is 0 Å². The highest BCUT2D eigenvalue weighted by molar-refractivity contribution is 7.87. The molecular weight excluding hydrogens is 306 g/mol. The maximum atomic E-state index is 12.5. The van der Waals surface area contributed by atoms with Crippen LogP contribution in [0.15, 0.2) is 16.5 Å². The molecule has 1 aromatic heterocycles. The lowest BCUT2D eigenvalue weighted by atomic mass is 10.2. The Morgan fingerprint density at radius 1 is 1.41 bits per heavy atom. The molecule has 0 saturated carbocycles. The van der Waals surface area contributed by atoms with Crippen molar-refractivity contribution in [3.05, 3.63) is 23.7 Å². The molecule has 3 heterocycles. The summed E-state index contributed by atoms with van der Waals surface area (Å²) in [6.45, 7) is 2.56. The third-order valence-electron chi connectivity index (χ3n) is 4.20. The third-order valence-corrected chi connectivity index (χ3v) is 5.79. The molecule has 8 heteroatoms. The van der Waals surface area contributed by atoms with Gasteiger partial charge in [-0.15, -0.1) is 0 Å². The van der Waals surface area contributed by atoms with E-state index in [4.69, 9.17) is 4.42 Å². The lowest BCUT2D eigenvalue weighted by Crippen LogP contribution is -2.45. The van der Waals surface area contributed by atoms with Crippen LogP contribution in [-0.2, 0) is 15.0 Å². The highest BCUT2D eigenvalue weighted by Gasteiger charge is 2.37. The zero-order valence-electron chi connectivity index (χ0n) is 12.5. The summed E-state index contributed by atoms with van der Waals surface area (Å²) in [4.78, 5) is 11.2. The largest absolute Gasteiger partial charge is 0.465 e. The summed E-state index contributed by atoms with van der Waals surface area (Å²) in [6.07, 6.45) is 2.70. The van der Waals surface area contributed by atoms with Crippen LogP contribution in [0.5, 0.6) is 0 Å². The van der Waals surface area contributed by atoms with E-state index in [9.17, 15) is 13.2 Å². The Hall–Kier alpha value is -1.38. The summed E-state index contributed by atoms with van der Waals surface area (Å²) >= 11 is 0. The first kappa shape index (κ1) is 15.5. The standard InChI is InChI=1S/C14H21N3O4S/c1-10-4-6-13(21-10)12-3-2-8-17(12)22(19,20)15-9-11-5-7-14(18)16-11/h4,6,11-12,15H,2-3,5,7-9H2,1H3,(H,16,18)/t11-,12-/m1/s1. The number of hydrogen-bond acceptors (Lipinski definition) is 4. The Kier molecular flexibility index (Phi) is 4.24. The summed E-state index contributed by atoms with van der Waals surface area (Å²) in [5.41, 5.74) is 0. The van der Waals surface area contributed by atoms with E-state index >= 15 is 0 Å². The Balaban J connectivity index is 1.66. The molecule has 7 nitrogen and oxygen atoms in total. The SMILES string of the molecule is Cc1ccc([C@H]2CCCN2S(=O)(=O)NC[C@H]2CCC(=O)N2)o1. The summed E-state index contributed by atoms with van der Waals surface area (Å²) in [7, 11) is -3.58. The normalized spacial score (nSPS) is 26.5. The number of aryl methyl sites for hydroxylation is 1. The number of rotatable bonds is 5. The zero-order valence-corrected chi connectivity index (χ0v) is 13.4. The van der Waals surface area contributed by atoms with Gasteiger partial charge in [0.15, 0.2) is 0 Å². The Morgan fingerprint density at radius 2 is 2.23 bits per heavy atom. The lowest BCUT2D eigenvalue weighted by Gasteiger charge is -2.23. The second-order valence-electron chi connectivity index (χ2n) is 5.87. The van der Waals surface area contributed by atoms with Crippen molar-refractivity contribution in [2.75, 3.05) is 13.1 Å². The molecule has 0 aromatic carbocycles. The van der Waals surface area contributed by atoms with Crippen LogP contribution in [0.3, 0.4) is 0 Å². The molecule has 1 amide bonds. The maximum absolute atomic E-state index is 12.5. The zero-order chi connectivity index (χ0) is 15.7. The van der Waals surface area contributed by atoms with Crippen molar-refractivity contribution in [3.63, 3.8) is 0 Å².